The molecule has 0 aromatic carbocycles. The summed E-state index contributed by atoms with van der Waals surface area (Å²) in [4.78, 5) is 0. The topological polar surface area (TPSA) is 12.0 Å². The van der Waals surface area contributed by atoms with E-state index < -0.39 is 0 Å². The van der Waals surface area contributed by atoms with E-state index in [2.05, 4.69) is 31.8 Å². The maximum absolute atomic E-state index is 3.77. The Morgan fingerprint density at radius 3 is 2.71 bits per heavy atom. The van der Waals surface area contributed by atoms with Gasteiger partial charge >= 0.3 is 0 Å². The first kappa shape index (κ1) is 11.3. The standard InChI is InChI=1S/C13H21N/c1-5-10(2)8-11(3)12-6-7-13(9-12)14-4/h5,8,13-14H,1,6-7,9H2,2-4H3/b10-8-,12-11-. The summed E-state index contributed by atoms with van der Waals surface area (Å²) in [6, 6.07) is 0.692. The first-order chi connectivity index (χ1) is 6.67. The molecule has 1 N–H and O–H groups in total. The van der Waals surface area contributed by atoms with Gasteiger partial charge in [-0.15, -0.1) is 0 Å². The highest BCUT2D eigenvalue weighted by atomic mass is 14.9. The van der Waals surface area contributed by atoms with Crippen LogP contribution in [0.4, 0.5) is 0 Å². The van der Waals surface area contributed by atoms with E-state index in [9.17, 15) is 0 Å². The van der Waals surface area contributed by atoms with Crippen molar-refractivity contribution in [2.75, 3.05) is 7.05 Å². The van der Waals surface area contributed by atoms with Gasteiger partial charge in [-0.2, -0.15) is 0 Å². The van der Waals surface area contributed by atoms with Gasteiger partial charge in [-0.05, 0) is 40.2 Å². The second kappa shape index (κ2) is 5.16. The molecule has 1 rings (SSSR count). The second-order valence-electron chi connectivity index (χ2n) is 4.11. The molecular weight excluding hydrogens is 170 g/mol. The van der Waals surface area contributed by atoms with Crippen molar-refractivity contribution in [2.45, 2.75) is 39.2 Å². The van der Waals surface area contributed by atoms with E-state index in [4.69, 9.17) is 0 Å². The number of allylic oxidation sites excluding steroid dienone is 4. The minimum Gasteiger partial charge on any atom is -0.317 e. The van der Waals surface area contributed by atoms with Crippen molar-refractivity contribution >= 4 is 0 Å². The van der Waals surface area contributed by atoms with Crippen LogP contribution in [0.1, 0.15) is 33.1 Å². The van der Waals surface area contributed by atoms with Crippen LogP contribution in [-0.4, -0.2) is 13.1 Å². The Labute approximate surface area is 87.6 Å². The summed E-state index contributed by atoms with van der Waals surface area (Å²) < 4.78 is 0. The van der Waals surface area contributed by atoms with Crippen molar-refractivity contribution in [1.29, 1.82) is 0 Å². The van der Waals surface area contributed by atoms with Gasteiger partial charge in [-0.25, -0.2) is 0 Å². The minimum absolute atomic E-state index is 0.692. The van der Waals surface area contributed by atoms with Crippen LogP contribution in [0.3, 0.4) is 0 Å². The molecule has 1 aliphatic carbocycles. The van der Waals surface area contributed by atoms with Gasteiger partial charge in [0.2, 0.25) is 0 Å². The van der Waals surface area contributed by atoms with Crippen molar-refractivity contribution in [2.24, 2.45) is 0 Å². The van der Waals surface area contributed by atoms with E-state index in [-0.39, 0.29) is 0 Å². The lowest BCUT2D eigenvalue weighted by Gasteiger charge is -2.05. The minimum atomic E-state index is 0.692. The van der Waals surface area contributed by atoms with E-state index in [1.165, 1.54) is 30.4 Å². The van der Waals surface area contributed by atoms with Crippen LogP contribution in [0.2, 0.25) is 0 Å². The van der Waals surface area contributed by atoms with Gasteiger partial charge in [0.15, 0.2) is 0 Å². The molecule has 78 valence electrons. The van der Waals surface area contributed by atoms with Crippen LogP contribution in [0.5, 0.6) is 0 Å². The smallest absolute Gasteiger partial charge is 0.0104 e. The average molecular weight is 191 g/mol. The molecule has 0 aromatic heterocycles. The zero-order valence-electron chi connectivity index (χ0n) is 9.56. The molecule has 1 heteroatoms. The van der Waals surface area contributed by atoms with Crippen LogP contribution >= 0.6 is 0 Å². The molecule has 14 heavy (non-hydrogen) atoms. The van der Waals surface area contributed by atoms with E-state index in [1.807, 2.05) is 13.1 Å². The van der Waals surface area contributed by atoms with Crippen molar-refractivity contribution in [3.8, 4) is 0 Å². The largest absolute Gasteiger partial charge is 0.317 e. The van der Waals surface area contributed by atoms with Crippen LogP contribution in [-0.2, 0) is 0 Å². The first-order valence-corrected chi connectivity index (χ1v) is 5.34. The van der Waals surface area contributed by atoms with Gasteiger partial charge in [0.25, 0.3) is 0 Å². The Morgan fingerprint density at radius 1 is 1.50 bits per heavy atom. The summed E-state index contributed by atoms with van der Waals surface area (Å²) >= 11 is 0. The summed E-state index contributed by atoms with van der Waals surface area (Å²) in [7, 11) is 2.05. The quantitative estimate of drug-likeness (QED) is 0.675. The molecule has 1 aliphatic rings. The lowest BCUT2D eigenvalue weighted by atomic mass is 10.1. The van der Waals surface area contributed by atoms with Gasteiger partial charge in [0.05, 0.1) is 0 Å². The average Bonchev–Trinajstić information content (AvgIpc) is 2.65. The molecule has 1 unspecified atom stereocenters. The predicted molar refractivity (Wildman–Crippen MR) is 63.4 cm³/mol. The van der Waals surface area contributed by atoms with E-state index in [1.54, 1.807) is 5.57 Å². The second-order valence-corrected chi connectivity index (χ2v) is 4.11. The van der Waals surface area contributed by atoms with Gasteiger partial charge in [-0.1, -0.05) is 35.5 Å². The highest BCUT2D eigenvalue weighted by Gasteiger charge is 2.18. The third-order valence-electron chi connectivity index (χ3n) is 3.02. The number of nitrogens with one attached hydrogen (secondary N) is 1. The summed E-state index contributed by atoms with van der Waals surface area (Å²) in [5, 5.41) is 3.34. The zero-order valence-corrected chi connectivity index (χ0v) is 9.56. The SMILES string of the molecule is C=C/C(C)=C\C(C)=C1\CCC(NC)C1. The van der Waals surface area contributed by atoms with E-state index >= 15 is 0 Å². The van der Waals surface area contributed by atoms with Crippen LogP contribution in [0, 0.1) is 0 Å². The van der Waals surface area contributed by atoms with Crippen LogP contribution in [0.25, 0.3) is 0 Å². The fraction of sp³-hybridized carbons (Fsp3) is 0.538. The third kappa shape index (κ3) is 2.85. The fourth-order valence-electron chi connectivity index (χ4n) is 1.96. The Bertz CT molecular complexity index is 271. The third-order valence-corrected chi connectivity index (χ3v) is 3.02. The highest BCUT2D eigenvalue weighted by molar-refractivity contribution is 5.32. The predicted octanol–water partition coefficient (Wildman–Crippen LogP) is 3.21. The first-order valence-electron chi connectivity index (χ1n) is 5.34. The van der Waals surface area contributed by atoms with Crippen molar-refractivity contribution < 1.29 is 0 Å². The monoisotopic (exact) mass is 191 g/mol. The molecular formula is C13H21N. The van der Waals surface area contributed by atoms with Crippen molar-refractivity contribution in [3.63, 3.8) is 0 Å². The molecule has 0 bridgehead atoms. The Hall–Kier alpha value is -0.820. The summed E-state index contributed by atoms with van der Waals surface area (Å²) in [6.45, 7) is 8.08. The lowest BCUT2D eigenvalue weighted by molar-refractivity contribution is 0.588. The Morgan fingerprint density at radius 2 is 2.21 bits per heavy atom. The number of hydrogen-bond acceptors (Lipinski definition) is 1. The van der Waals surface area contributed by atoms with E-state index in [0.29, 0.717) is 6.04 Å². The lowest BCUT2D eigenvalue weighted by Crippen LogP contribution is -2.20. The molecule has 0 aromatic rings. The van der Waals surface area contributed by atoms with E-state index in [0.717, 1.165) is 0 Å². The van der Waals surface area contributed by atoms with Crippen LogP contribution < -0.4 is 5.32 Å². The molecule has 1 atom stereocenters. The number of rotatable bonds is 3. The number of hydrogen-bond donors (Lipinski definition) is 1. The van der Waals surface area contributed by atoms with Crippen molar-refractivity contribution in [3.05, 3.63) is 35.5 Å². The molecule has 0 radical (unpaired) electrons. The normalized spacial score (nSPS) is 26.5. The van der Waals surface area contributed by atoms with Gasteiger partial charge in [0.1, 0.15) is 0 Å². The molecule has 0 saturated heterocycles. The molecule has 0 amide bonds. The van der Waals surface area contributed by atoms with Crippen LogP contribution in [0.15, 0.2) is 35.5 Å². The van der Waals surface area contributed by atoms with Gasteiger partial charge < -0.3 is 5.32 Å². The zero-order chi connectivity index (χ0) is 10.6. The Balaban J connectivity index is 2.71. The molecule has 1 saturated carbocycles. The maximum Gasteiger partial charge on any atom is 0.0104 e. The molecule has 0 aliphatic heterocycles. The highest BCUT2D eigenvalue weighted by Crippen LogP contribution is 2.28. The summed E-state index contributed by atoms with van der Waals surface area (Å²) in [5.41, 5.74) is 4.29. The molecule has 0 heterocycles. The summed E-state index contributed by atoms with van der Waals surface area (Å²) in [5.74, 6) is 0. The molecule has 1 fully saturated rings. The Kier molecular flexibility index (Phi) is 4.15. The fourth-order valence-corrected chi connectivity index (χ4v) is 1.96. The maximum atomic E-state index is 3.77. The molecule has 1 nitrogen and oxygen atoms in total. The van der Waals surface area contributed by atoms with Gasteiger partial charge in [0, 0.05) is 6.04 Å². The summed E-state index contributed by atoms with van der Waals surface area (Å²) in [6.07, 6.45) is 7.89. The van der Waals surface area contributed by atoms with Gasteiger partial charge in [-0.3, -0.25) is 0 Å². The van der Waals surface area contributed by atoms with Crippen molar-refractivity contribution in [1.82, 2.24) is 5.32 Å². The molecule has 0 spiro atoms.